The topological polar surface area (TPSA) is 85.3 Å². The minimum absolute atomic E-state index is 0. The molecular weight excluding hydrogens is 252 g/mol. The second kappa shape index (κ2) is 5.18. The summed E-state index contributed by atoms with van der Waals surface area (Å²) in [6.45, 7) is 5.33. The van der Waals surface area contributed by atoms with Gasteiger partial charge in [-0.3, -0.25) is 0 Å². The van der Waals surface area contributed by atoms with Crippen LogP contribution in [0.15, 0.2) is 21.6 Å². The number of halogens is 1. The van der Waals surface area contributed by atoms with E-state index in [1.807, 2.05) is 0 Å². The molecule has 16 heavy (non-hydrogen) atoms. The molecule has 7 heteroatoms. The first kappa shape index (κ1) is 15.4. The van der Waals surface area contributed by atoms with Crippen LogP contribution in [0, 0.1) is 6.92 Å². The van der Waals surface area contributed by atoms with Gasteiger partial charge in [0.1, 0.15) is 5.76 Å². The highest BCUT2D eigenvalue weighted by Gasteiger charge is 2.21. The van der Waals surface area contributed by atoms with Crippen molar-refractivity contribution in [3.63, 3.8) is 0 Å². The molecule has 0 aromatic carbocycles. The van der Waals surface area contributed by atoms with Crippen molar-refractivity contribution >= 4 is 22.4 Å². The maximum absolute atomic E-state index is 11.6. The van der Waals surface area contributed by atoms with Gasteiger partial charge in [0.2, 0.25) is 5.09 Å². The largest absolute Gasteiger partial charge is 0.449 e. The van der Waals surface area contributed by atoms with E-state index in [1.54, 1.807) is 26.8 Å². The van der Waals surface area contributed by atoms with Crippen LogP contribution < -0.4 is 10.5 Å². The van der Waals surface area contributed by atoms with Crippen molar-refractivity contribution in [2.24, 2.45) is 5.73 Å². The summed E-state index contributed by atoms with van der Waals surface area (Å²) in [5, 5.41) is -0.0794. The maximum Gasteiger partial charge on any atom is 0.274 e. The van der Waals surface area contributed by atoms with Crippen molar-refractivity contribution in [2.75, 3.05) is 6.54 Å². The maximum atomic E-state index is 11.6. The molecule has 0 aliphatic heterocycles. The first-order valence-corrected chi connectivity index (χ1v) is 6.04. The van der Waals surface area contributed by atoms with E-state index in [-0.39, 0.29) is 24.0 Å². The zero-order valence-electron chi connectivity index (χ0n) is 9.48. The van der Waals surface area contributed by atoms with Crippen molar-refractivity contribution < 1.29 is 12.8 Å². The van der Waals surface area contributed by atoms with Crippen molar-refractivity contribution in [1.29, 1.82) is 0 Å². The minimum atomic E-state index is -3.57. The fourth-order valence-electron chi connectivity index (χ4n) is 0.909. The van der Waals surface area contributed by atoms with Crippen LogP contribution in [0.3, 0.4) is 0 Å². The Morgan fingerprint density at radius 2 is 2.00 bits per heavy atom. The Kier molecular flexibility index (Phi) is 5.00. The molecule has 0 aliphatic rings. The minimum Gasteiger partial charge on any atom is -0.449 e. The predicted octanol–water partition coefficient (Wildman–Crippen LogP) is 1.03. The molecule has 0 aliphatic carbocycles. The smallest absolute Gasteiger partial charge is 0.274 e. The first-order chi connectivity index (χ1) is 6.71. The van der Waals surface area contributed by atoms with Gasteiger partial charge >= 0.3 is 0 Å². The Bertz CT molecular complexity index is 434. The van der Waals surface area contributed by atoms with E-state index >= 15 is 0 Å². The Hall–Kier alpha value is -0.560. The van der Waals surface area contributed by atoms with Gasteiger partial charge in [-0.2, -0.15) is 0 Å². The number of rotatable bonds is 4. The molecule has 0 radical (unpaired) electrons. The van der Waals surface area contributed by atoms with Crippen LogP contribution in [0.2, 0.25) is 0 Å². The second-order valence-corrected chi connectivity index (χ2v) is 5.88. The van der Waals surface area contributed by atoms with E-state index in [4.69, 9.17) is 10.2 Å². The van der Waals surface area contributed by atoms with Crippen LogP contribution >= 0.6 is 12.4 Å². The average Bonchev–Trinajstić information content (AvgIpc) is 2.48. The number of hydrogen-bond donors (Lipinski definition) is 2. The van der Waals surface area contributed by atoms with E-state index in [1.165, 1.54) is 6.07 Å². The van der Waals surface area contributed by atoms with Gasteiger partial charge in [0, 0.05) is 12.1 Å². The van der Waals surface area contributed by atoms with Gasteiger partial charge in [-0.25, -0.2) is 13.1 Å². The monoisotopic (exact) mass is 268 g/mol. The Morgan fingerprint density at radius 1 is 1.44 bits per heavy atom. The van der Waals surface area contributed by atoms with Gasteiger partial charge in [0.25, 0.3) is 10.0 Å². The van der Waals surface area contributed by atoms with Crippen LogP contribution in [0.4, 0.5) is 0 Å². The molecule has 3 N–H and O–H groups in total. The second-order valence-electron chi connectivity index (χ2n) is 4.18. The Balaban J connectivity index is 0.00000225. The van der Waals surface area contributed by atoms with Crippen LogP contribution in [0.1, 0.15) is 19.6 Å². The summed E-state index contributed by atoms with van der Waals surface area (Å²) in [7, 11) is -3.57. The van der Waals surface area contributed by atoms with E-state index in [0.717, 1.165) is 0 Å². The summed E-state index contributed by atoms with van der Waals surface area (Å²) in [4.78, 5) is 0. The third-order valence-electron chi connectivity index (χ3n) is 1.70. The Morgan fingerprint density at radius 3 is 2.38 bits per heavy atom. The average molecular weight is 269 g/mol. The van der Waals surface area contributed by atoms with Gasteiger partial charge in [0.15, 0.2) is 0 Å². The first-order valence-electron chi connectivity index (χ1n) is 4.56. The lowest BCUT2D eigenvalue weighted by molar-refractivity contribution is 0.420. The molecule has 1 aromatic rings. The summed E-state index contributed by atoms with van der Waals surface area (Å²) in [5.41, 5.74) is 5.08. The quantitative estimate of drug-likeness (QED) is 0.854. The van der Waals surface area contributed by atoms with Crippen LogP contribution in [-0.4, -0.2) is 20.5 Å². The van der Waals surface area contributed by atoms with E-state index in [0.29, 0.717) is 5.76 Å². The van der Waals surface area contributed by atoms with Gasteiger partial charge in [-0.15, -0.1) is 12.4 Å². The summed E-state index contributed by atoms with van der Waals surface area (Å²) in [5.74, 6) is 0.558. The molecule has 0 spiro atoms. The SMILES string of the molecule is Cc1ccc(S(=O)(=O)NCC(C)(C)N)o1.Cl. The standard InChI is InChI=1S/C9H16N2O3S.ClH/c1-7-4-5-8(14-7)15(12,13)11-6-9(2,3)10;/h4-5,11H,6,10H2,1-3H3;1H. The van der Waals surface area contributed by atoms with E-state index in [9.17, 15) is 8.42 Å². The fourth-order valence-corrected chi connectivity index (χ4v) is 2.10. The molecule has 0 bridgehead atoms. The lowest BCUT2D eigenvalue weighted by Gasteiger charge is -2.18. The normalized spacial score (nSPS) is 12.2. The highest BCUT2D eigenvalue weighted by atomic mass is 35.5. The molecule has 1 heterocycles. The number of nitrogens with two attached hydrogens (primary N) is 1. The van der Waals surface area contributed by atoms with Crippen molar-refractivity contribution in [1.82, 2.24) is 4.72 Å². The number of aryl methyl sites for hydroxylation is 1. The number of furan rings is 1. The molecule has 94 valence electrons. The Labute approximate surface area is 102 Å². The summed E-state index contributed by atoms with van der Waals surface area (Å²) < 4.78 is 30.7. The number of hydrogen-bond acceptors (Lipinski definition) is 4. The van der Waals surface area contributed by atoms with Gasteiger partial charge in [-0.1, -0.05) is 0 Å². The highest BCUT2D eigenvalue weighted by Crippen LogP contribution is 2.12. The number of sulfonamides is 1. The third kappa shape index (κ3) is 4.52. The summed E-state index contributed by atoms with van der Waals surface area (Å²) in [6, 6.07) is 3.02. The molecular formula is C9H17ClN2O3S. The van der Waals surface area contributed by atoms with Crippen molar-refractivity contribution in [3.8, 4) is 0 Å². The molecule has 0 saturated carbocycles. The molecule has 0 fully saturated rings. The lowest BCUT2D eigenvalue weighted by Crippen LogP contribution is -2.44. The molecule has 0 saturated heterocycles. The van der Waals surface area contributed by atoms with Crippen LogP contribution in [0.25, 0.3) is 0 Å². The van der Waals surface area contributed by atoms with Gasteiger partial charge in [0.05, 0.1) is 0 Å². The summed E-state index contributed by atoms with van der Waals surface area (Å²) in [6.07, 6.45) is 0. The molecule has 1 aromatic heterocycles. The van der Waals surface area contributed by atoms with Gasteiger partial charge in [-0.05, 0) is 32.9 Å². The van der Waals surface area contributed by atoms with Gasteiger partial charge < -0.3 is 10.2 Å². The van der Waals surface area contributed by atoms with Crippen molar-refractivity contribution in [2.45, 2.75) is 31.4 Å². The van der Waals surface area contributed by atoms with E-state index in [2.05, 4.69) is 4.72 Å². The predicted molar refractivity (Wildman–Crippen MR) is 64.1 cm³/mol. The highest BCUT2D eigenvalue weighted by molar-refractivity contribution is 7.89. The molecule has 1 rings (SSSR count). The van der Waals surface area contributed by atoms with Crippen LogP contribution in [0.5, 0.6) is 0 Å². The molecule has 5 nitrogen and oxygen atoms in total. The van der Waals surface area contributed by atoms with Crippen LogP contribution in [-0.2, 0) is 10.0 Å². The number of nitrogens with one attached hydrogen (secondary N) is 1. The lowest BCUT2D eigenvalue weighted by atomic mass is 10.1. The molecule has 0 amide bonds. The third-order valence-corrected chi connectivity index (χ3v) is 2.97. The molecule has 0 unspecified atom stereocenters. The summed E-state index contributed by atoms with van der Waals surface area (Å²) >= 11 is 0. The zero-order valence-corrected chi connectivity index (χ0v) is 11.1. The molecule has 0 atom stereocenters. The fraction of sp³-hybridized carbons (Fsp3) is 0.556. The van der Waals surface area contributed by atoms with E-state index < -0.39 is 15.6 Å². The van der Waals surface area contributed by atoms with Crippen molar-refractivity contribution in [3.05, 3.63) is 17.9 Å². The zero-order chi connectivity index (χ0) is 11.7.